The smallest absolute Gasteiger partial charge is 0.229 e. The molecule has 0 fully saturated rings. The third kappa shape index (κ3) is 4.80. The van der Waals surface area contributed by atoms with Crippen LogP contribution in [0, 0.1) is 0 Å². The second-order valence-electron chi connectivity index (χ2n) is 5.47. The molecule has 2 aromatic carbocycles. The molecular weight excluding hydrogens is 402 g/mol. The highest BCUT2D eigenvalue weighted by Crippen LogP contribution is 2.28. The van der Waals surface area contributed by atoms with Crippen molar-refractivity contribution in [1.29, 1.82) is 0 Å². The summed E-state index contributed by atoms with van der Waals surface area (Å²) in [5.41, 5.74) is 3.07. The van der Waals surface area contributed by atoms with Gasteiger partial charge in [-0.2, -0.15) is 0 Å². The number of rotatable bonds is 5. The first-order valence-electron chi connectivity index (χ1n) is 7.47. The van der Waals surface area contributed by atoms with Gasteiger partial charge in [0.1, 0.15) is 5.82 Å². The van der Waals surface area contributed by atoms with E-state index < -0.39 is 10.0 Å². The van der Waals surface area contributed by atoms with Crippen molar-refractivity contribution >= 4 is 43.1 Å². The number of hydrogen-bond acceptors (Lipinski definition) is 4. The number of pyridine rings is 1. The van der Waals surface area contributed by atoms with Crippen LogP contribution in [0.4, 0.5) is 17.2 Å². The molecule has 1 heterocycles. The molecule has 7 heteroatoms. The summed E-state index contributed by atoms with van der Waals surface area (Å²) in [6, 6.07) is 20.6. The van der Waals surface area contributed by atoms with Gasteiger partial charge < -0.3 is 5.32 Å². The molecule has 0 aliphatic carbocycles. The van der Waals surface area contributed by atoms with E-state index in [0.29, 0.717) is 11.5 Å². The van der Waals surface area contributed by atoms with Gasteiger partial charge in [-0.05, 0) is 36.4 Å². The van der Waals surface area contributed by atoms with Crippen LogP contribution < -0.4 is 10.0 Å². The van der Waals surface area contributed by atoms with E-state index >= 15 is 0 Å². The zero-order chi connectivity index (χ0) is 17.9. The summed E-state index contributed by atoms with van der Waals surface area (Å²) in [6.07, 6.45) is 1.12. The van der Waals surface area contributed by atoms with E-state index in [9.17, 15) is 8.42 Å². The Morgan fingerprint density at radius 3 is 2.40 bits per heavy atom. The number of nitrogens with one attached hydrogen (secondary N) is 2. The van der Waals surface area contributed by atoms with E-state index in [1.54, 1.807) is 18.2 Å². The van der Waals surface area contributed by atoms with E-state index in [4.69, 9.17) is 0 Å². The molecule has 3 rings (SSSR count). The Morgan fingerprint density at radius 1 is 0.920 bits per heavy atom. The van der Waals surface area contributed by atoms with Crippen molar-refractivity contribution in [3.8, 4) is 11.3 Å². The van der Waals surface area contributed by atoms with Crippen molar-refractivity contribution in [2.75, 3.05) is 16.3 Å². The van der Waals surface area contributed by atoms with Gasteiger partial charge in [-0.3, -0.25) is 4.72 Å². The summed E-state index contributed by atoms with van der Waals surface area (Å²) in [4.78, 5) is 4.62. The lowest BCUT2D eigenvalue weighted by atomic mass is 10.1. The lowest BCUT2D eigenvalue weighted by Crippen LogP contribution is -2.09. The Kier molecular flexibility index (Phi) is 5.06. The highest BCUT2D eigenvalue weighted by molar-refractivity contribution is 9.10. The molecule has 0 unspecified atom stereocenters. The fourth-order valence-corrected chi connectivity index (χ4v) is 3.39. The first-order chi connectivity index (χ1) is 11.9. The van der Waals surface area contributed by atoms with E-state index in [-0.39, 0.29) is 0 Å². The maximum Gasteiger partial charge on any atom is 0.229 e. The molecule has 3 aromatic rings. The van der Waals surface area contributed by atoms with Crippen LogP contribution in [0.15, 0.2) is 71.2 Å². The topological polar surface area (TPSA) is 71.1 Å². The molecule has 25 heavy (non-hydrogen) atoms. The van der Waals surface area contributed by atoms with Crippen LogP contribution in [0.3, 0.4) is 0 Å². The maximum absolute atomic E-state index is 11.4. The second kappa shape index (κ2) is 7.25. The number of anilines is 3. The van der Waals surface area contributed by atoms with Gasteiger partial charge >= 0.3 is 0 Å². The van der Waals surface area contributed by atoms with E-state index in [2.05, 4.69) is 31.0 Å². The molecule has 0 radical (unpaired) electrons. The van der Waals surface area contributed by atoms with Gasteiger partial charge in [-0.15, -0.1) is 0 Å². The molecule has 2 N–H and O–H groups in total. The molecule has 0 atom stereocenters. The number of benzene rings is 2. The summed E-state index contributed by atoms with van der Waals surface area (Å²) >= 11 is 3.54. The Balaban J connectivity index is 1.86. The summed E-state index contributed by atoms with van der Waals surface area (Å²) < 4.78 is 26.1. The highest BCUT2D eigenvalue weighted by Gasteiger charge is 2.06. The highest BCUT2D eigenvalue weighted by atomic mass is 79.9. The van der Waals surface area contributed by atoms with E-state index in [1.807, 2.05) is 48.5 Å². The third-order valence-electron chi connectivity index (χ3n) is 3.34. The van der Waals surface area contributed by atoms with Crippen molar-refractivity contribution < 1.29 is 8.42 Å². The molecule has 5 nitrogen and oxygen atoms in total. The minimum atomic E-state index is -3.31. The summed E-state index contributed by atoms with van der Waals surface area (Å²) in [6.45, 7) is 0. The van der Waals surface area contributed by atoms with Gasteiger partial charge in [-0.25, -0.2) is 13.4 Å². The van der Waals surface area contributed by atoms with Crippen LogP contribution in [0.25, 0.3) is 11.3 Å². The molecule has 0 aliphatic heterocycles. The van der Waals surface area contributed by atoms with E-state index in [1.165, 1.54) is 0 Å². The minimum absolute atomic E-state index is 0.495. The van der Waals surface area contributed by atoms with Crippen molar-refractivity contribution in [1.82, 2.24) is 4.98 Å². The molecule has 1 aromatic heterocycles. The first-order valence-corrected chi connectivity index (χ1v) is 10.2. The van der Waals surface area contributed by atoms with Crippen LogP contribution in [0.2, 0.25) is 0 Å². The Labute approximate surface area is 155 Å². The Morgan fingerprint density at radius 2 is 1.64 bits per heavy atom. The van der Waals surface area contributed by atoms with Crippen molar-refractivity contribution in [3.63, 3.8) is 0 Å². The zero-order valence-corrected chi connectivity index (χ0v) is 15.8. The fraction of sp³-hybridized carbons (Fsp3) is 0.0556. The van der Waals surface area contributed by atoms with Gasteiger partial charge in [0, 0.05) is 15.7 Å². The summed E-state index contributed by atoms with van der Waals surface area (Å²) in [5.74, 6) is 0.671. The van der Waals surface area contributed by atoms with Gasteiger partial charge in [0.05, 0.1) is 17.6 Å². The molecule has 128 valence electrons. The molecule has 0 spiro atoms. The standard InChI is InChI=1S/C18H16BrN3O2S/c1-25(23,24)22-14-7-4-6-13(12-14)20-18-11-5-10-17(21-18)15-8-2-3-9-16(15)19/h2-12,22H,1H3,(H,20,21). The molecular formula is C18H16BrN3O2S. The van der Waals surface area contributed by atoms with Crippen molar-refractivity contribution in [2.45, 2.75) is 0 Å². The quantitative estimate of drug-likeness (QED) is 0.634. The van der Waals surface area contributed by atoms with Crippen LogP contribution in [-0.2, 0) is 10.0 Å². The number of sulfonamides is 1. The number of nitrogens with zero attached hydrogens (tertiary/aromatic N) is 1. The lowest BCUT2D eigenvalue weighted by molar-refractivity contribution is 0.607. The van der Waals surface area contributed by atoms with Gasteiger partial charge in [0.2, 0.25) is 10.0 Å². The predicted molar refractivity (Wildman–Crippen MR) is 106 cm³/mol. The molecule has 0 amide bonds. The number of halogens is 1. The average Bonchev–Trinajstić information content (AvgIpc) is 2.54. The van der Waals surface area contributed by atoms with Gasteiger partial charge in [0.25, 0.3) is 0 Å². The number of hydrogen-bond donors (Lipinski definition) is 2. The van der Waals surface area contributed by atoms with Crippen molar-refractivity contribution in [3.05, 3.63) is 71.2 Å². The zero-order valence-electron chi connectivity index (χ0n) is 13.4. The molecule has 0 saturated carbocycles. The van der Waals surface area contributed by atoms with E-state index in [0.717, 1.165) is 27.7 Å². The Hall–Kier alpha value is -2.38. The maximum atomic E-state index is 11.4. The molecule has 0 aliphatic rings. The van der Waals surface area contributed by atoms with Crippen LogP contribution in [-0.4, -0.2) is 19.7 Å². The van der Waals surface area contributed by atoms with Crippen LogP contribution in [0.1, 0.15) is 0 Å². The van der Waals surface area contributed by atoms with Crippen LogP contribution in [0.5, 0.6) is 0 Å². The normalized spacial score (nSPS) is 11.1. The fourth-order valence-electron chi connectivity index (χ4n) is 2.35. The lowest BCUT2D eigenvalue weighted by Gasteiger charge is -2.10. The SMILES string of the molecule is CS(=O)(=O)Nc1cccc(Nc2cccc(-c3ccccc3Br)n2)c1. The predicted octanol–water partition coefficient (Wildman–Crippen LogP) is 4.63. The van der Waals surface area contributed by atoms with Crippen LogP contribution >= 0.6 is 15.9 Å². The Bertz CT molecular complexity index is 1010. The van der Waals surface area contributed by atoms with Gasteiger partial charge in [0.15, 0.2) is 0 Å². The first kappa shape index (κ1) is 17.4. The molecule has 0 saturated heterocycles. The monoisotopic (exact) mass is 417 g/mol. The van der Waals surface area contributed by atoms with Gasteiger partial charge in [-0.1, -0.05) is 46.3 Å². The largest absolute Gasteiger partial charge is 0.340 e. The summed E-state index contributed by atoms with van der Waals surface area (Å²) in [7, 11) is -3.31. The second-order valence-corrected chi connectivity index (χ2v) is 8.07. The number of aromatic nitrogens is 1. The minimum Gasteiger partial charge on any atom is -0.340 e. The van der Waals surface area contributed by atoms with Crippen molar-refractivity contribution in [2.24, 2.45) is 0 Å². The molecule has 0 bridgehead atoms. The summed E-state index contributed by atoms with van der Waals surface area (Å²) in [5, 5.41) is 3.20. The average molecular weight is 418 g/mol. The third-order valence-corrected chi connectivity index (χ3v) is 4.64.